The lowest BCUT2D eigenvalue weighted by atomic mass is 9.76. The summed E-state index contributed by atoms with van der Waals surface area (Å²) in [7, 11) is 2.98. The Morgan fingerprint density at radius 2 is 1.50 bits per heavy atom. The number of carbonyl (C=O) groups excluding carboxylic acids is 2. The summed E-state index contributed by atoms with van der Waals surface area (Å²) >= 11 is 3.34. The average Bonchev–Trinajstić information content (AvgIpc) is 3.22. The van der Waals surface area contributed by atoms with Crippen LogP contribution in [-0.2, 0) is 14.1 Å². The van der Waals surface area contributed by atoms with E-state index in [1.165, 1.54) is 11.6 Å². The number of fused-ring (bicyclic) bond motifs is 4. The minimum absolute atomic E-state index is 0.128. The molecule has 0 saturated heterocycles. The molecular weight excluding hydrogens is 550 g/mol. The van der Waals surface area contributed by atoms with Crippen molar-refractivity contribution < 1.29 is 14.3 Å². The highest BCUT2D eigenvalue weighted by Crippen LogP contribution is 2.46. The normalized spacial score (nSPS) is 17.3. The third-order valence-electron chi connectivity index (χ3n) is 7.11. The number of Topliss-reactive ketones (excluding diaryl/α,β-unsaturated/α-hetero) is 1. The van der Waals surface area contributed by atoms with Crippen LogP contribution in [0.4, 0.5) is 5.82 Å². The molecule has 2 unspecified atom stereocenters. The van der Waals surface area contributed by atoms with Crippen molar-refractivity contribution in [1.29, 1.82) is 0 Å². The molecule has 38 heavy (non-hydrogen) atoms. The van der Waals surface area contributed by atoms with Crippen molar-refractivity contribution in [2.24, 2.45) is 25.0 Å². The fourth-order valence-corrected chi connectivity index (χ4v) is 5.49. The Bertz CT molecular complexity index is 1800. The van der Waals surface area contributed by atoms with Gasteiger partial charge in [-0.3, -0.25) is 18.7 Å². The van der Waals surface area contributed by atoms with E-state index in [1.807, 2.05) is 12.1 Å². The molecule has 0 amide bonds. The van der Waals surface area contributed by atoms with Gasteiger partial charge in [0.2, 0.25) is 0 Å². The molecular formula is C29H20BrN3O5. The van der Waals surface area contributed by atoms with E-state index < -0.39 is 29.1 Å². The second-order valence-electron chi connectivity index (χ2n) is 9.27. The zero-order valence-corrected chi connectivity index (χ0v) is 21.9. The maximum atomic E-state index is 13.6. The van der Waals surface area contributed by atoms with Crippen molar-refractivity contribution in [2.75, 3.05) is 0 Å². The second-order valence-corrected chi connectivity index (χ2v) is 10.2. The van der Waals surface area contributed by atoms with E-state index in [4.69, 9.17) is 9.73 Å². The van der Waals surface area contributed by atoms with Crippen molar-refractivity contribution in [3.8, 4) is 5.75 Å². The average molecular weight is 570 g/mol. The first-order chi connectivity index (χ1) is 18.3. The molecule has 1 aliphatic carbocycles. The third-order valence-corrected chi connectivity index (χ3v) is 7.64. The van der Waals surface area contributed by atoms with Gasteiger partial charge < -0.3 is 4.74 Å². The van der Waals surface area contributed by atoms with Crippen molar-refractivity contribution in [3.05, 3.63) is 126 Å². The maximum absolute atomic E-state index is 13.6. The molecule has 188 valence electrons. The smallest absolute Gasteiger partial charge is 0.343 e. The molecule has 6 rings (SSSR count). The Balaban J connectivity index is 1.46. The Labute approximate surface area is 225 Å². The number of esters is 1. The molecule has 2 heterocycles. The number of benzene rings is 3. The standard InChI is InChI=1S/C29H20BrN3O5/c1-32-26-23(27(35)33(2)29(32)37)21(22-24(31-26)19-5-3-4-6-20(19)25(22)34)15-9-13-18(14-10-15)38-28(36)16-7-11-17(30)12-8-16/h3-14,21-22H,1-2H3. The Kier molecular flexibility index (Phi) is 5.61. The van der Waals surface area contributed by atoms with Crippen molar-refractivity contribution >= 4 is 39.2 Å². The number of rotatable bonds is 3. The number of hydrogen-bond acceptors (Lipinski definition) is 6. The van der Waals surface area contributed by atoms with E-state index in [1.54, 1.807) is 67.7 Å². The molecule has 0 N–H and O–H groups in total. The van der Waals surface area contributed by atoms with Crippen LogP contribution in [0.15, 0.2) is 91.9 Å². The number of aromatic nitrogens is 2. The van der Waals surface area contributed by atoms with E-state index in [0.717, 1.165) is 9.04 Å². The quantitative estimate of drug-likeness (QED) is 0.272. The van der Waals surface area contributed by atoms with Gasteiger partial charge in [-0.1, -0.05) is 52.3 Å². The molecule has 9 heteroatoms. The molecule has 1 aromatic heterocycles. The minimum atomic E-state index is -0.721. The fraction of sp³-hybridized carbons (Fsp3) is 0.138. The fourth-order valence-electron chi connectivity index (χ4n) is 5.22. The van der Waals surface area contributed by atoms with Gasteiger partial charge >= 0.3 is 11.7 Å². The van der Waals surface area contributed by atoms with E-state index in [9.17, 15) is 19.2 Å². The molecule has 0 bridgehead atoms. The van der Waals surface area contributed by atoms with Crippen LogP contribution in [0.2, 0.25) is 0 Å². The number of carbonyl (C=O) groups is 2. The number of ether oxygens (including phenoxy) is 1. The van der Waals surface area contributed by atoms with Gasteiger partial charge in [0.25, 0.3) is 5.56 Å². The number of ketones is 1. The largest absolute Gasteiger partial charge is 0.423 e. The van der Waals surface area contributed by atoms with Gasteiger partial charge in [0, 0.05) is 35.6 Å². The predicted octanol–water partition coefficient (Wildman–Crippen LogP) is 4.14. The van der Waals surface area contributed by atoms with Crippen LogP contribution in [-0.4, -0.2) is 26.6 Å². The van der Waals surface area contributed by atoms with Crippen LogP contribution >= 0.6 is 15.9 Å². The van der Waals surface area contributed by atoms with Gasteiger partial charge in [0.1, 0.15) is 11.6 Å². The highest BCUT2D eigenvalue weighted by molar-refractivity contribution is 9.10. The van der Waals surface area contributed by atoms with Crippen molar-refractivity contribution in [3.63, 3.8) is 0 Å². The minimum Gasteiger partial charge on any atom is -0.423 e. The summed E-state index contributed by atoms with van der Waals surface area (Å²) in [6, 6.07) is 20.8. The van der Waals surface area contributed by atoms with Crippen LogP contribution in [0.25, 0.3) is 0 Å². The van der Waals surface area contributed by atoms with Gasteiger partial charge in [-0.25, -0.2) is 14.6 Å². The molecule has 0 saturated carbocycles. The molecule has 3 aromatic carbocycles. The van der Waals surface area contributed by atoms with Gasteiger partial charge in [-0.05, 0) is 42.0 Å². The van der Waals surface area contributed by atoms with Crippen LogP contribution in [0.3, 0.4) is 0 Å². The van der Waals surface area contributed by atoms with Gasteiger partial charge in [-0.15, -0.1) is 0 Å². The van der Waals surface area contributed by atoms with Gasteiger partial charge in [0.15, 0.2) is 5.78 Å². The summed E-state index contributed by atoms with van der Waals surface area (Å²) < 4.78 is 8.76. The Hall–Kier alpha value is -4.37. The summed E-state index contributed by atoms with van der Waals surface area (Å²) in [4.78, 5) is 57.1. The lowest BCUT2D eigenvalue weighted by Crippen LogP contribution is -2.43. The van der Waals surface area contributed by atoms with E-state index in [2.05, 4.69) is 15.9 Å². The summed E-state index contributed by atoms with van der Waals surface area (Å²) in [5.41, 5.74) is 2.14. The monoisotopic (exact) mass is 569 g/mol. The van der Waals surface area contributed by atoms with Crippen molar-refractivity contribution in [2.45, 2.75) is 5.92 Å². The zero-order chi connectivity index (χ0) is 26.7. The number of hydrogen-bond donors (Lipinski definition) is 0. The zero-order valence-electron chi connectivity index (χ0n) is 20.3. The third kappa shape index (κ3) is 3.61. The van der Waals surface area contributed by atoms with Gasteiger partial charge in [-0.2, -0.15) is 0 Å². The number of halogens is 1. The summed E-state index contributed by atoms with van der Waals surface area (Å²) in [5.74, 6) is -1.48. The molecule has 1 aliphatic heterocycles. The summed E-state index contributed by atoms with van der Waals surface area (Å²) in [6.07, 6.45) is 0. The Morgan fingerprint density at radius 3 is 2.18 bits per heavy atom. The van der Waals surface area contributed by atoms with Crippen LogP contribution in [0, 0.1) is 5.92 Å². The summed E-state index contributed by atoms with van der Waals surface area (Å²) in [5, 5.41) is 0. The first kappa shape index (κ1) is 24.0. The van der Waals surface area contributed by atoms with Crippen LogP contribution in [0.1, 0.15) is 43.3 Å². The molecule has 0 spiro atoms. The van der Waals surface area contributed by atoms with E-state index in [0.29, 0.717) is 33.7 Å². The Morgan fingerprint density at radius 1 is 0.842 bits per heavy atom. The predicted molar refractivity (Wildman–Crippen MR) is 145 cm³/mol. The van der Waals surface area contributed by atoms with Crippen LogP contribution < -0.4 is 16.0 Å². The molecule has 2 atom stereocenters. The second kappa shape index (κ2) is 8.88. The number of aliphatic imine (C=N–C) groups is 1. The highest BCUT2D eigenvalue weighted by atomic mass is 79.9. The maximum Gasteiger partial charge on any atom is 0.343 e. The molecule has 4 aromatic rings. The lowest BCUT2D eigenvalue weighted by molar-refractivity contribution is 0.0734. The summed E-state index contributed by atoms with van der Waals surface area (Å²) in [6.45, 7) is 0. The van der Waals surface area contributed by atoms with Crippen LogP contribution in [0.5, 0.6) is 5.75 Å². The van der Waals surface area contributed by atoms with E-state index >= 15 is 0 Å². The highest BCUT2D eigenvalue weighted by Gasteiger charge is 2.47. The first-order valence-corrected chi connectivity index (χ1v) is 12.7. The SMILES string of the molecule is Cn1c2c(c(=O)n(C)c1=O)C(c1ccc(OC(=O)c3ccc(Br)cc3)cc1)C1C(=O)c3ccccc3C1=N2. The number of nitrogens with zero attached hydrogens (tertiary/aromatic N) is 3. The molecule has 0 fully saturated rings. The topological polar surface area (TPSA) is 99.7 Å². The van der Waals surface area contributed by atoms with E-state index in [-0.39, 0.29) is 17.2 Å². The molecule has 0 radical (unpaired) electrons. The molecule has 2 aliphatic rings. The lowest BCUT2D eigenvalue weighted by Gasteiger charge is -2.30. The van der Waals surface area contributed by atoms with Gasteiger partial charge in [0.05, 0.1) is 22.8 Å². The molecule has 8 nitrogen and oxygen atoms in total. The first-order valence-electron chi connectivity index (χ1n) is 11.9. The van der Waals surface area contributed by atoms with Crippen molar-refractivity contribution in [1.82, 2.24) is 9.13 Å².